The van der Waals surface area contributed by atoms with Crippen molar-refractivity contribution in [1.82, 2.24) is 0 Å². The lowest BCUT2D eigenvalue weighted by atomic mass is 10.1. The number of rotatable bonds is 4. The molecule has 0 aliphatic rings. The van der Waals surface area contributed by atoms with Crippen molar-refractivity contribution < 1.29 is 19.4 Å². The zero-order valence-electron chi connectivity index (χ0n) is 7.77. The summed E-state index contributed by atoms with van der Waals surface area (Å²) in [5, 5.41) is 8.73. The molecular formula is C10H9ClO4. The van der Waals surface area contributed by atoms with Crippen LogP contribution in [0.4, 0.5) is 4.79 Å². The number of halogens is 1. The maximum absolute atomic E-state index is 11.4. The Bertz CT molecular complexity index is 358. The Morgan fingerprint density at radius 2 is 1.87 bits per heavy atom. The van der Waals surface area contributed by atoms with E-state index in [2.05, 4.69) is 4.74 Å². The number of hydrogen-bond acceptors (Lipinski definition) is 3. The van der Waals surface area contributed by atoms with Gasteiger partial charge in [-0.05, 0) is 24.3 Å². The summed E-state index contributed by atoms with van der Waals surface area (Å²) in [4.78, 5) is 21.4. The second-order valence-electron chi connectivity index (χ2n) is 2.79. The smallest absolute Gasteiger partial charge is 0.450 e. The number of hydrogen-bond donors (Lipinski definition) is 1. The van der Waals surface area contributed by atoms with Crippen molar-refractivity contribution in [2.24, 2.45) is 0 Å². The van der Waals surface area contributed by atoms with Crippen LogP contribution in [0.1, 0.15) is 16.8 Å². The first-order valence-corrected chi connectivity index (χ1v) is 4.62. The Balaban J connectivity index is 2.47. The van der Waals surface area contributed by atoms with Crippen LogP contribution in [0.25, 0.3) is 0 Å². The molecule has 0 unspecified atom stereocenters. The number of ether oxygens (including phenoxy) is 1. The summed E-state index contributed by atoms with van der Waals surface area (Å²) < 4.78 is 4.23. The topological polar surface area (TPSA) is 63.6 Å². The highest BCUT2D eigenvalue weighted by Crippen LogP contribution is 2.11. The predicted octanol–water partition coefficient (Wildman–Crippen LogP) is 2.61. The summed E-state index contributed by atoms with van der Waals surface area (Å²) in [7, 11) is 0. The molecule has 0 aromatic heterocycles. The van der Waals surface area contributed by atoms with E-state index in [1.54, 1.807) is 24.3 Å². The summed E-state index contributed by atoms with van der Waals surface area (Å²) in [5.74, 6) is -0.173. The van der Waals surface area contributed by atoms with Gasteiger partial charge in [0.15, 0.2) is 5.78 Å². The molecular weight excluding hydrogens is 220 g/mol. The van der Waals surface area contributed by atoms with Gasteiger partial charge in [0, 0.05) is 17.0 Å². The minimum atomic E-state index is -1.38. The third kappa shape index (κ3) is 3.99. The van der Waals surface area contributed by atoms with Crippen LogP contribution in [-0.4, -0.2) is 23.7 Å². The van der Waals surface area contributed by atoms with Crippen LogP contribution in [0.2, 0.25) is 5.02 Å². The lowest BCUT2D eigenvalue weighted by Gasteiger charge is -2.00. The Morgan fingerprint density at radius 1 is 1.27 bits per heavy atom. The first-order chi connectivity index (χ1) is 7.09. The minimum Gasteiger partial charge on any atom is -0.450 e. The van der Waals surface area contributed by atoms with Gasteiger partial charge in [-0.1, -0.05) is 11.6 Å². The lowest BCUT2D eigenvalue weighted by Crippen LogP contribution is -2.07. The van der Waals surface area contributed by atoms with Crippen LogP contribution < -0.4 is 0 Å². The van der Waals surface area contributed by atoms with E-state index in [-0.39, 0.29) is 18.8 Å². The Morgan fingerprint density at radius 3 is 2.40 bits per heavy atom. The quantitative estimate of drug-likeness (QED) is 0.636. The molecule has 0 aliphatic heterocycles. The molecule has 5 heteroatoms. The molecule has 1 N–H and O–H groups in total. The van der Waals surface area contributed by atoms with Gasteiger partial charge < -0.3 is 9.84 Å². The SMILES string of the molecule is O=C(O)OCCC(=O)c1ccc(Cl)cc1. The molecule has 0 bridgehead atoms. The van der Waals surface area contributed by atoms with Crippen LogP contribution in [-0.2, 0) is 4.74 Å². The van der Waals surface area contributed by atoms with Crippen molar-refractivity contribution >= 4 is 23.5 Å². The van der Waals surface area contributed by atoms with Crippen LogP contribution in [0, 0.1) is 0 Å². The number of carboxylic acid groups (broad SMARTS) is 1. The molecule has 1 aromatic carbocycles. The lowest BCUT2D eigenvalue weighted by molar-refractivity contribution is 0.0811. The van der Waals surface area contributed by atoms with Gasteiger partial charge in [0.2, 0.25) is 0 Å². The van der Waals surface area contributed by atoms with Gasteiger partial charge >= 0.3 is 6.16 Å². The summed E-state index contributed by atoms with van der Waals surface area (Å²) >= 11 is 5.65. The molecule has 4 nitrogen and oxygen atoms in total. The molecule has 1 rings (SSSR count). The van der Waals surface area contributed by atoms with E-state index in [9.17, 15) is 9.59 Å². The van der Waals surface area contributed by atoms with E-state index in [1.165, 1.54) is 0 Å². The Hall–Kier alpha value is -1.55. The maximum Gasteiger partial charge on any atom is 0.505 e. The fraction of sp³-hybridized carbons (Fsp3) is 0.200. The van der Waals surface area contributed by atoms with E-state index >= 15 is 0 Å². The van der Waals surface area contributed by atoms with Crippen LogP contribution in [0.3, 0.4) is 0 Å². The highest BCUT2D eigenvalue weighted by atomic mass is 35.5. The number of ketones is 1. The van der Waals surface area contributed by atoms with E-state index in [0.29, 0.717) is 10.6 Å². The van der Waals surface area contributed by atoms with Crippen molar-refractivity contribution in [3.63, 3.8) is 0 Å². The van der Waals surface area contributed by atoms with Crippen LogP contribution in [0.5, 0.6) is 0 Å². The number of benzene rings is 1. The molecule has 0 spiro atoms. The van der Waals surface area contributed by atoms with Gasteiger partial charge in [-0.25, -0.2) is 4.79 Å². The first-order valence-electron chi connectivity index (χ1n) is 4.24. The number of Topliss-reactive ketones (excluding diaryl/α,β-unsaturated/α-hetero) is 1. The molecule has 0 aliphatic carbocycles. The predicted molar refractivity (Wildman–Crippen MR) is 54.4 cm³/mol. The highest BCUT2D eigenvalue weighted by molar-refractivity contribution is 6.30. The summed E-state index contributed by atoms with van der Waals surface area (Å²) in [6.07, 6.45) is -1.34. The molecule has 80 valence electrons. The van der Waals surface area contributed by atoms with Gasteiger partial charge in [0.05, 0.1) is 0 Å². The van der Waals surface area contributed by atoms with Gasteiger partial charge in [-0.2, -0.15) is 0 Å². The molecule has 0 fully saturated rings. The average molecular weight is 229 g/mol. The molecule has 1 aromatic rings. The normalized spacial score (nSPS) is 9.67. The zero-order chi connectivity index (χ0) is 11.3. The summed E-state index contributed by atoms with van der Waals surface area (Å²) in [6.45, 7) is -0.128. The molecule has 0 radical (unpaired) electrons. The number of carbonyl (C=O) groups is 2. The van der Waals surface area contributed by atoms with Crippen LogP contribution in [0.15, 0.2) is 24.3 Å². The largest absolute Gasteiger partial charge is 0.505 e. The van der Waals surface area contributed by atoms with Gasteiger partial charge in [0.25, 0.3) is 0 Å². The van der Waals surface area contributed by atoms with Crippen molar-refractivity contribution in [2.45, 2.75) is 6.42 Å². The average Bonchev–Trinajstić information content (AvgIpc) is 2.18. The first kappa shape index (κ1) is 11.5. The standard InChI is InChI=1S/C10H9ClO4/c11-8-3-1-7(2-4-8)9(12)5-6-15-10(13)14/h1-4H,5-6H2,(H,13,14). The summed E-state index contributed by atoms with van der Waals surface area (Å²) in [5.41, 5.74) is 0.494. The van der Waals surface area contributed by atoms with Crippen molar-refractivity contribution in [1.29, 1.82) is 0 Å². The van der Waals surface area contributed by atoms with E-state index in [4.69, 9.17) is 16.7 Å². The molecule has 0 heterocycles. The van der Waals surface area contributed by atoms with Crippen LogP contribution >= 0.6 is 11.6 Å². The van der Waals surface area contributed by atoms with Gasteiger partial charge in [-0.15, -0.1) is 0 Å². The second kappa shape index (κ2) is 5.36. The Kier molecular flexibility index (Phi) is 4.12. The second-order valence-corrected chi connectivity index (χ2v) is 3.23. The minimum absolute atomic E-state index is 0.0356. The molecule has 0 saturated carbocycles. The molecule has 0 saturated heterocycles. The van der Waals surface area contributed by atoms with Gasteiger partial charge in [0.1, 0.15) is 6.61 Å². The monoisotopic (exact) mass is 228 g/mol. The Labute approximate surface area is 91.4 Å². The maximum atomic E-state index is 11.4. The third-order valence-electron chi connectivity index (χ3n) is 1.72. The van der Waals surface area contributed by atoms with E-state index < -0.39 is 6.16 Å². The van der Waals surface area contributed by atoms with Gasteiger partial charge in [-0.3, -0.25) is 4.79 Å². The molecule has 15 heavy (non-hydrogen) atoms. The van der Waals surface area contributed by atoms with Crippen molar-refractivity contribution in [3.05, 3.63) is 34.9 Å². The zero-order valence-corrected chi connectivity index (χ0v) is 8.53. The fourth-order valence-corrected chi connectivity index (χ4v) is 1.14. The molecule has 0 amide bonds. The highest BCUT2D eigenvalue weighted by Gasteiger charge is 2.06. The van der Waals surface area contributed by atoms with Crippen molar-refractivity contribution in [2.75, 3.05) is 6.61 Å². The van der Waals surface area contributed by atoms with Crippen molar-refractivity contribution in [3.8, 4) is 0 Å². The van der Waals surface area contributed by atoms with E-state index in [0.717, 1.165) is 0 Å². The number of carbonyl (C=O) groups excluding carboxylic acids is 1. The third-order valence-corrected chi connectivity index (χ3v) is 1.97. The van der Waals surface area contributed by atoms with E-state index in [1.807, 2.05) is 0 Å². The summed E-state index contributed by atoms with van der Waals surface area (Å²) in [6, 6.07) is 6.39. The molecule has 0 atom stereocenters. The fourth-order valence-electron chi connectivity index (χ4n) is 1.01.